The van der Waals surface area contributed by atoms with Gasteiger partial charge in [-0.25, -0.2) is 0 Å². The Morgan fingerprint density at radius 3 is 2.53 bits per heavy atom. The van der Waals surface area contributed by atoms with Crippen LogP contribution >= 0.6 is 0 Å². The lowest BCUT2D eigenvalue weighted by atomic mass is 9.89. The first-order chi connectivity index (χ1) is 8.77. The zero-order valence-electron chi connectivity index (χ0n) is 11.6. The first kappa shape index (κ1) is 15.0. The minimum atomic E-state index is -1.08. The number of amides is 1. The summed E-state index contributed by atoms with van der Waals surface area (Å²) in [7, 11) is 3.17. The number of hydrogen-bond acceptors (Lipinski definition) is 3. The predicted molar refractivity (Wildman–Crippen MR) is 72.4 cm³/mol. The second kappa shape index (κ2) is 5.73. The lowest BCUT2D eigenvalue weighted by Crippen LogP contribution is -2.34. The largest absolute Gasteiger partial charge is 0.497 e. The molecule has 0 spiro atoms. The third-order valence-corrected chi connectivity index (χ3v) is 2.99. The molecule has 0 atom stereocenters. The molecule has 19 heavy (non-hydrogen) atoms. The van der Waals surface area contributed by atoms with Crippen LogP contribution in [0.4, 0.5) is 5.69 Å². The van der Waals surface area contributed by atoms with Gasteiger partial charge in [-0.3, -0.25) is 9.59 Å². The van der Waals surface area contributed by atoms with E-state index >= 15 is 0 Å². The summed E-state index contributed by atoms with van der Waals surface area (Å²) < 4.78 is 5.09. The molecule has 0 bridgehead atoms. The van der Waals surface area contributed by atoms with Crippen molar-refractivity contribution in [2.24, 2.45) is 5.41 Å². The Balaban J connectivity index is 2.85. The maximum Gasteiger partial charge on any atom is 0.309 e. The molecule has 0 heterocycles. The molecule has 1 rings (SSSR count). The highest BCUT2D eigenvalue weighted by Gasteiger charge is 2.31. The number of anilines is 1. The Hall–Kier alpha value is -2.04. The summed E-state index contributed by atoms with van der Waals surface area (Å²) in [6.45, 7) is 3.07. The number of aliphatic carboxylic acids is 1. The fourth-order valence-corrected chi connectivity index (χ4v) is 1.54. The molecule has 0 aromatic heterocycles. The lowest BCUT2D eigenvalue weighted by molar-refractivity contribution is -0.149. The van der Waals surface area contributed by atoms with E-state index in [9.17, 15) is 9.59 Å². The van der Waals surface area contributed by atoms with Gasteiger partial charge >= 0.3 is 5.97 Å². The van der Waals surface area contributed by atoms with Crippen molar-refractivity contribution in [2.75, 3.05) is 19.1 Å². The van der Waals surface area contributed by atoms with Crippen molar-refractivity contribution in [3.63, 3.8) is 0 Å². The SMILES string of the molecule is COc1cccc(N(C)C(=O)CC(C)(C)C(=O)O)c1. The molecule has 0 unspecified atom stereocenters. The fraction of sp³-hybridized carbons (Fsp3) is 0.429. The van der Waals surface area contributed by atoms with E-state index in [0.29, 0.717) is 11.4 Å². The smallest absolute Gasteiger partial charge is 0.309 e. The van der Waals surface area contributed by atoms with Gasteiger partial charge < -0.3 is 14.7 Å². The summed E-state index contributed by atoms with van der Waals surface area (Å²) in [5.41, 5.74) is -0.407. The lowest BCUT2D eigenvalue weighted by Gasteiger charge is -2.23. The molecule has 5 nitrogen and oxygen atoms in total. The van der Waals surface area contributed by atoms with Crippen LogP contribution in [0.25, 0.3) is 0 Å². The molecule has 0 saturated heterocycles. The number of hydrogen-bond donors (Lipinski definition) is 1. The van der Waals surface area contributed by atoms with Crippen molar-refractivity contribution < 1.29 is 19.4 Å². The molecule has 0 radical (unpaired) electrons. The zero-order chi connectivity index (χ0) is 14.6. The molecular formula is C14H19NO4. The zero-order valence-corrected chi connectivity index (χ0v) is 11.6. The number of nitrogens with zero attached hydrogens (tertiary/aromatic N) is 1. The number of rotatable bonds is 5. The monoisotopic (exact) mass is 265 g/mol. The second-order valence-corrected chi connectivity index (χ2v) is 5.02. The molecule has 0 aliphatic rings. The highest BCUT2D eigenvalue weighted by atomic mass is 16.5. The molecule has 1 aromatic rings. The van der Waals surface area contributed by atoms with Crippen LogP contribution in [0.1, 0.15) is 20.3 Å². The van der Waals surface area contributed by atoms with Crippen LogP contribution in [0.5, 0.6) is 5.75 Å². The Morgan fingerprint density at radius 1 is 1.37 bits per heavy atom. The normalized spacial score (nSPS) is 10.9. The van der Waals surface area contributed by atoms with Crippen LogP contribution in [-0.2, 0) is 9.59 Å². The van der Waals surface area contributed by atoms with Gasteiger partial charge in [0.2, 0.25) is 5.91 Å². The maximum atomic E-state index is 12.1. The Morgan fingerprint density at radius 2 is 2.00 bits per heavy atom. The van der Waals surface area contributed by atoms with Gasteiger partial charge in [0.25, 0.3) is 0 Å². The molecule has 104 valence electrons. The van der Waals surface area contributed by atoms with E-state index in [1.807, 2.05) is 0 Å². The quantitative estimate of drug-likeness (QED) is 0.886. The highest BCUT2D eigenvalue weighted by molar-refractivity contribution is 5.95. The van der Waals surface area contributed by atoms with Gasteiger partial charge in [-0.05, 0) is 26.0 Å². The minimum Gasteiger partial charge on any atom is -0.497 e. The van der Waals surface area contributed by atoms with E-state index in [0.717, 1.165) is 0 Å². The summed E-state index contributed by atoms with van der Waals surface area (Å²) in [5.74, 6) is -0.588. The molecule has 0 aliphatic carbocycles. The van der Waals surface area contributed by atoms with Gasteiger partial charge in [0, 0.05) is 25.2 Å². The molecule has 1 N–H and O–H groups in total. The van der Waals surface area contributed by atoms with Gasteiger partial charge in [0.15, 0.2) is 0 Å². The van der Waals surface area contributed by atoms with Crippen LogP contribution in [0, 0.1) is 5.41 Å². The summed E-state index contributed by atoms with van der Waals surface area (Å²) >= 11 is 0. The van der Waals surface area contributed by atoms with E-state index in [-0.39, 0.29) is 12.3 Å². The van der Waals surface area contributed by atoms with Gasteiger partial charge in [-0.2, -0.15) is 0 Å². The number of carbonyl (C=O) groups is 2. The maximum absolute atomic E-state index is 12.1. The van der Waals surface area contributed by atoms with Crippen molar-refractivity contribution in [2.45, 2.75) is 20.3 Å². The summed E-state index contributed by atoms with van der Waals surface area (Å²) in [6.07, 6.45) is -0.0595. The Bertz CT molecular complexity index is 482. The average molecular weight is 265 g/mol. The molecule has 0 saturated carbocycles. The van der Waals surface area contributed by atoms with Crippen LogP contribution in [0.15, 0.2) is 24.3 Å². The van der Waals surface area contributed by atoms with Gasteiger partial charge in [0.05, 0.1) is 12.5 Å². The average Bonchev–Trinajstić information content (AvgIpc) is 2.37. The van der Waals surface area contributed by atoms with E-state index in [1.54, 1.807) is 38.4 Å². The molecule has 1 amide bonds. The summed E-state index contributed by atoms with van der Waals surface area (Å²) in [5, 5.41) is 9.03. The fourth-order valence-electron chi connectivity index (χ4n) is 1.54. The van der Waals surface area contributed by atoms with Gasteiger partial charge in [-0.1, -0.05) is 6.07 Å². The van der Waals surface area contributed by atoms with Crippen molar-refractivity contribution in [1.29, 1.82) is 0 Å². The standard InChI is InChI=1S/C14H19NO4/c1-14(2,13(17)18)9-12(16)15(3)10-6-5-7-11(8-10)19-4/h5-8H,9H2,1-4H3,(H,17,18). The Kier molecular flexibility index (Phi) is 4.53. The van der Waals surface area contributed by atoms with Crippen molar-refractivity contribution in [3.8, 4) is 5.75 Å². The third kappa shape index (κ3) is 3.71. The minimum absolute atomic E-state index is 0.0595. The topological polar surface area (TPSA) is 66.8 Å². The van der Waals surface area contributed by atoms with Gasteiger partial charge in [0.1, 0.15) is 5.75 Å². The van der Waals surface area contributed by atoms with Crippen LogP contribution in [0.2, 0.25) is 0 Å². The number of methoxy groups -OCH3 is 1. The first-order valence-corrected chi connectivity index (χ1v) is 5.92. The van der Waals surface area contributed by atoms with Crippen molar-refractivity contribution in [1.82, 2.24) is 0 Å². The second-order valence-electron chi connectivity index (χ2n) is 5.02. The highest BCUT2D eigenvalue weighted by Crippen LogP contribution is 2.25. The molecule has 0 fully saturated rings. The molecule has 0 aliphatic heterocycles. The summed E-state index contributed by atoms with van der Waals surface area (Å²) in [4.78, 5) is 24.5. The number of ether oxygens (including phenoxy) is 1. The van der Waals surface area contributed by atoms with E-state index in [4.69, 9.17) is 9.84 Å². The molecule has 5 heteroatoms. The number of benzene rings is 1. The Labute approximate surface area is 112 Å². The van der Waals surface area contributed by atoms with Crippen LogP contribution < -0.4 is 9.64 Å². The number of carbonyl (C=O) groups excluding carboxylic acids is 1. The third-order valence-electron chi connectivity index (χ3n) is 2.99. The van der Waals surface area contributed by atoms with Crippen LogP contribution in [-0.4, -0.2) is 31.1 Å². The van der Waals surface area contributed by atoms with Crippen molar-refractivity contribution in [3.05, 3.63) is 24.3 Å². The number of carboxylic acid groups (broad SMARTS) is 1. The first-order valence-electron chi connectivity index (χ1n) is 5.92. The molecule has 1 aromatic carbocycles. The van der Waals surface area contributed by atoms with E-state index in [1.165, 1.54) is 18.7 Å². The summed E-state index contributed by atoms with van der Waals surface area (Å²) in [6, 6.07) is 7.06. The van der Waals surface area contributed by atoms with Crippen molar-refractivity contribution >= 4 is 17.6 Å². The van der Waals surface area contributed by atoms with E-state index < -0.39 is 11.4 Å². The molecular weight excluding hydrogens is 246 g/mol. The van der Waals surface area contributed by atoms with Gasteiger partial charge in [-0.15, -0.1) is 0 Å². The predicted octanol–water partition coefficient (Wildman–Crippen LogP) is 2.16. The van der Waals surface area contributed by atoms with Crippen LogP contribution in [0.3, 0.4) is 0 Å². The number of carboxylic acids is 1. The van der Waals surface area contributed by atoms with E-state index in [2.05, 4.69) is 0 Å².